The van der Waals surface area contributed by atoms with Gasteiger partial charge in [-0.05, 0) is 46.9 Å². The van der Waals surface area contributed by atoms with E-state index in [-0.39, 0.29) is 19.6 Å². The number of methoxy groups -OCH3 is 2. The summed E-state index contributed by atoms with van der Waals surface area (Å²) >= 11 is 12.3. The van der Waals surface area contributed by atoms with Gasteiger partial charge in [-0.25, -0.2) is 4.79 Å². The quantitative estimate of drug-likeness (QED) is 0.326. The molecule has 3 aromatic rings. The number of aliphatic hydroxyl groups is 1. The molecule has 9 heteroatoms. The van der Waals surface area contributed by atoms with Gasteiger partial charge in [-0.3, -0.25) is 4.79 Å². The molecule has 3 atom stereocenters. The molecule has 0 unspecified atom stereocenters. The van der Waals surface area contributed by atoms with Crippen molar-refractivity contribution in [2.75, 3.05) is 20.8 Å². The van der Waals surface area contributed by atoms with Crippen LogP contribution in [0.3, 0.4) is 0 Å². The van der Waals surface area contributed by atoms with Crippen molar-refractivity contribution in [2.24, 2.45) is 0 Å². The topological polar surface area (TPSA) is 94.1 Å². The average Bonchev–Trinajstić information content (AvgIpc) is 2.88. The highest BCUT2D eigenvalue weighted by atomic mass is 35.5. The zero-order valence-corrected chi connectivity index (χ0v) is 22.0. The molecule has 0 spiro atoms. The molecule has 0 fully saturated rings. The summed E-state index contributed by atoms with van der Waals surface area (Å²) in [5.41, 5.74) is 3.44. The van der Waals surface area contributed by atoms with Gasteiger partial charge in [0.2, 0.25) is 5.91 Å². The molecular weight excluding hydrogens is 517 g/mol. The zero-order valence-electron chi connectivity index (χ0n) is 20.5. The number of hydrogen-bond acceptors (Lipinski definition) is 6. The number of rotatable bonds is 12. The van der Waals surface area contributed by atoms with Gasteiger partial charge in [0, 0.05) is 17.2 Å². The number of nitrogens with one attached hydrogen (secondary N) is 1. The summed E-state index contributed by atoms with van der Waals surface area (Å²) < 4.78 is 15.7. The lowest BCUT2D eigenvalue weighted by Gasteiger charge is -2.31. The third kappa shape index (κ3) is 8.55. The van der Waals surface area contributed by atoms with Crippen LogP contribution in [0, 0.1) is 0 Å². The third-order valence-electron chi connectivity index (χ3n) is 5.66. The fraction of sp³-hybridized carbons (Fsp3) is 0.286. The Kier molecular flexibility index (Phi) is 10.9. The number of benzene rings is 3. The minimum absolute atomic E-state index is 0.116. The number of esters is 1. The van der Waals surface area contributed by atoms with E-state index in [1.165, 1.54) is 14.2 Å². The number of hydrogen-bond donors (Lipinski definition) is 2. The maximum Gasteiger partial charge on any atom is 0.337 e. The molecule has 0 aliphatic carbocycles. The number of ether oxygens (including phenoxy) is 3. The van der Waals surface area contributed by atoms with Crippen LogP contribution in [0.5, 0.6) is 0 Å². The Hall–Kier alpha value is -2.94. The van der Waals surface area contributed by atoms with Crippen LogP contribution in [0.4, 0.5) is 0 Å². The molecule has 0 saturated heterocycles. The third-order valence-corrected chi connectivity index (χ3v) is 6.10. The molecule has 1 amide bonds. The largest absolute Gasteiger partial charge is 0.467 e. The van der Waals surface area contributed by atoms with E-state index in [4.69, 9.17) is 37.4 Å². The second-order valence-electron chi connectivity index (χ2n) is 8.40. The smallest absolute Gasteiger partial charge is 0.337 e. The van der Waals surface area contributed by atoms with Crippen LogP contribution in [-0.2, 0) is 36.8 Å². The van der Waals surface area contributed by atoms with E-state index in [2.05, 4.69) is 5.32 Å². The van der Waals surface area contributed by atoms with Crippen LogP contribution in [-0.4, -0.2) is 56.1 Å². The Bertz CT molecular complexity index is 1150. The minimum atomic E-state index is -1.63. The monoisotopic (exact) mass is 545 g/mol. The molecule has 2 N–H and O–H groups in total. The molecule has 3 aromatic carbocycles. The van der Waals surface area contributed by atoms with E-state index >= 15 is 0 Å². The van der Waals surface area contributed by atoms with Gasteiger partial charge in [-0.2, -0.15) is 0 Å². The van der Waals surface area contributed by atoms with Crippen LogP contribution in [0.1, 0.15) is 11.1 Å². The molecule has 0 aromatic heterocycles. The summed E-state index contributed by atoms with van der Waals surface area (Å²) in [5, 5.41) is 14.7. The zero-order chi connectivity index (χ0) is 26.8. The van der Waals surface area contributed by atoms with E-state index < -0.39 is 30.1 Å². The van der Waals surface area contributed by atoms with Gasteiger partial charge in [0.25, 0.3) is 0 Å². The van der Waals surface area contributed by atoms with Crippen molar-refractivity contribution < 1.29 is 28.9 Å². The number of carbonyl (C=O) groups excluding carboxylic acids is 2. The fourth-order valence-corrected chi connectivity index (χ4v) is 4.41. The highest BCUT2D eigenvalue weighted by Gasteiger charge is 2.36. The molecule has 0 bridgehead atoms. The predicted molar refractivity (Wildman–Crippen MR) is 142 cm³/mol. The van der Waals surface area contributed by atoms with Gasteiger partial charge in [-0.15, -0.1) is 0 Å². The van der Waals surface area contributed by atoms with Gasteiger partial charge in [0.15, 0.2) is 6.10 Å². The minimum Gasteiger partial charge on any atom is -0.467 e. The van der Waals surface area contributed by atoms with Crippen molar-refractivity contribution in [2.45, 2.75) is 31.3 Å². The summed E-state index contributed by atoms with van der Waals surface area (Å²) in [7, 11) is 2.58. The molecule has 0 aliphatic heterocycles. The molecule has 37 heavy (non-hydrogen) atoms. The number of halogens is 2. The second-order valence-corrected chi connectivity index (χ2v) is 9.27. The fourth-order valence-electron chi connectivity index (χ4n) is 3.89. The van der Waals surface area contributed by atoms with Gasteiger partial charge < -0.3 is 24.6 Å². The Morgan fingerprint density at radius 2 is 1.54 bits per heavy atom. The van der Waals surface area contributed by atoms with Gasteiger partial charge in [0.05, 0.1) is 19.8 Å². The van der Waals surface area contributed by atoms with Crippen molar-refractivity contribution in [3.63, 3.8) is 0 Å². The molecule has 7 nitrogen and oxygen atoms in total. The van der Waals surface area contributed by atoms with Crippen molar-refractivity contribution in [3.05, 3.63) is 94.0 Å². The first-order valence-electron chi connectivity index (χ1n) is 11.6. The van der Waals surface area contributed by atoms with Gasteiger partial charge in [-0.1, -0.05) is 77.8 Å². The lowest BCUT2D eigenvalue weighted by atomic mass is 9.95. The molecule has 3 rings (SSSR count). The highest BCUT2D eigenvalue weighted by Crippen LogP contribution is 2.28. The van der Waals surface area contributed by atoms with E-state index in [0.717, 1.165) is 22.3 Å². The summed E-state index contributed by atoms with van der Waals surface area (Å²) in [6.07, 6.45) is -2.46. The van der Waals surface area contributed by atoms with Crippen LogP contribution >= 0.6 is 23.2 Å². The molecular formula is C28H29Cl2NO6. The Labute approximate surface area is 226 Å². The number of carbonyl (C=O) groups is 2. The maximum atomic E-state index is 12.5. The van der Waals surface area contributed by atoms with Gasteiger partial charge >= 0.3 is 5.97 Å². The molecule has 0 saturated carbocycles. The van der Waals surface area contributed by atoms with E-state index in [9.17, 15) is 14.7 Å². The summed E-state index contributed by atoms with van der Waals surface area (Å²) in [6, 6.07) is 21.4. The molecule has 0 heterocycles. The van der Waals surface area contributed by atoms with Crippen LogP contribution < -0.4 is 5.32 Å². The number of aliphatic hydroxyl groups excluding tert-OH is 1. The molecule has 0 aliphatic rings. The normalized spacial score (nSPS) is 13.4. The van der Waals surface area contributed by atoms with Crippen molar-refractivity contribution in [1.82, 2.24) is 5.32 Å². The van der Waals surface area contributed by atoms with E-state index in [1.54, 1.807) is 6.07 Å². The Morgan fingerprint density at radius 1 is 0.892 bits per heavy atom. The summed E-state index contributed by atoms with van der Waals surface area (Å²) in [5.74, 6) is -1.28. The SMILES string of the molecule is COCC(=O)N[C@H](Cc1ccc(-c2cc(Cl)cc(Cl)c2)cc1)[C@@H](OCc1ccccc1)[C@@H](O)C(=O)OC. The lowest BCUT2D eigenvalue weighted by Crippen LogP contribution is -2.54. The van der Waals surface area contributed by atoms with Crippen molar-refractivity contribution >= 4 is 35.1 Å². The van der Waals surface area contributed by atoms with E-state index in [0.29, 0.717) is 10.0 Å². The first-order valence-corrected chi connectivity index (χ1v) is 12.3. The van der Waals surface area contributed by atoms with Crippen LogP contribution in [0.2, 0.25) is 10.0 Å². The van der Waals surface area contributed by atoms with Gasteiger partial charge in [0.1, 0.15) is 12.7 Å². The first-order chi connectivity index (χ1) is 17.8. The maximum absolute atomic E-state index is 12.5. The molecule has 196 valence electrons. The standard InChI is InChI=1S/C28H29Cl2NO6/c1-35-17-25(32)31-24(27(26(33)28(34)36-2)37-16-19-6-4-3-5-7-19)12-18-8-10-20(11-9-18)21-13-22(29)15-23(30)14-21/h3-11,13-15,24,26-27,33H,12,16-17H2,1-2H3,(H,31,32)/t24-,26-,27-/m1/s1. The van der Waals surface area contributed by atoms with Crippen LogP contribution in [0.15, 0.2) is 72.8 Å². The van der Waals surface area contributed by atoms with Crippen LogP contribution in [0.25, 0.3) is 11.1 Å². The summed E-state index contributed by atoms with van der Waals surface area (Å²) in [4.78, 5) is 24.8. The summed E-state index contributed by atoms with van der Waals surface area (Å²) in [6.45, 7) is -0.0740. The lowest BCUT2D eigenvalue weighted by molar-refractivity contribution is -0.163. The van der Waals surface area contributed by atoms with Crippen molar-refractivity contribution in [1.29, 1.82) is 0 Å². The first kappa shape index (κ1) is 28.6. The Balaban J connectivity index is 1.87. The molecule has 0 radical (unpaired) electrons. The Morgan fingerprint density at radius 3 is 2.14 bits per heavy atom. The number of amides is 1. The second kappa shape index (κ2) is 14.1. The highest BCUT2D eigenvalue weighted by molar-refractivity contribution is 6.35. The van der Waals surface area contributed by atoms with E-state index in [1.807, 2.05) is 66.7 Å². The van der Waals surface area contributed by atoms with Crippen molar-refractivity contribution in [3.8, 4) is 11.1 Å². The predicted octanol–water partition coefficient (Wildman–Crippen LogP) is 4.45. The average molecular weight is 546 g/mol.